The third kappa shape index (κ3) is 3.09. The predicted octanol–water partition coefficient (Wildman–Crippen LogP) is 0.928. The summed E-state index contributed by atoms with van der Waals surface area (Å²) in [6, 6.07) is 15.5. The summed E-state index contributed by atoms with van der Waals surface area (Å²) in [4.78, 5) is 22.9. The zero-order valence-corrected chi connectivity index (χ0v) is 11.6. The summed E-state index contributed by atoms with van der Waals surface area (Å²) in [5.74, 6) is 0.840. The van der Waals surface area contributed by atoms with E-state index in [1.54, 1.807) is 12.1 Å². The van der Waals surface area contributed by atoms with E-state index in [1.165, 1.54) is 12.1 Å². The highest BCUT2D eigenvalue weighted by atomic mass is 16.1. The Morgan fingerprint density at radius 2 is 1.77 bits per heavy atom. The molecule has 110 valence electrons. The molecule has 0 fully saturated rings. The van der Waals surface area contributed by atoms with Crippen LogP contribution in [0.15, 0.2) is 64.2 Å². The molecule has 0 unspecified atom stereocenters. The minimum absolute atomic E-state index is 0.257. The molecule has 7 nitrogen and oxygen atoms in total. The molecule has 22 heavy (non-hydrogen) atoms. The molecule has 0 aliphatic carbocycles. The maximum Gasteiger partial charge on any atom is 0.271 e. The third-order valence-electron chi connectivity index (χ3n) is 3.02. The van der Waals surface area contributed by atoms with Crippen molar-refractivity contribution in [2.75, 3.05) is 5.32 Å². The molecule has 7 heteroatoms. The van der Waals surface area contributed by atoms with Gasteiger partial charge in [-0.25, -0.2) is 0 Å². The second-order valence-electron chi connectivity index (χ2n) is 4.60. The second-order valence-corrected chi connectivity index (χ2v) is 4.60. The molecule has 0 saturated heterocycles. The number of aromatic nitrogens is 4. The van der Waals surface area contributed by atoms with Crippen molar-refractivity contribution in [3.63, 3.8) is 0 Å². The van der Waals surface area contributed by atoms with Crippen molar-refractivity contribution in [3.8, 4) is 5.82 Å². The van der Waals surface area contributed by atoms with E-state index in [9.17, 15) is 9.59 Å². The van der Waals surface area contributed by atoms with Crippen LogP contribution in [-0.2, 0) is 6.54 Å². The normalized spacial score (nSPS) is 10.4. The Labute approximate surface area is 125 Å². The van der Waals surface area contributed by atoms with Gasteiger partial charge in [0.25, 0.3) is 11.1 Å². The lowest BCUT2D eigenvalue weighted by molar-refractivity contribution is 0.745. The van der Waals surface area contributed by atoms with Gasteiger partial charge in [0.2, 0.25) is 0 Å². The first kappa shape index (κ1) is 13.7. The van der Waals surface area contributed by atoms with Crippen molar-refractivity contribution in [1.29, 1.82) is 0 Å². The molecule has 0 bridgehead atoms. The van der Waals surface area contributed by atoms with Gasteiger partial charge in [0.15, 0.2) is 5.82 Å². The zero-order chi connectivity index (χ0) is 15.4. The summed E-state index contributed by atoms with van der Waals surface area (Å²) in [6.07, 6.45) is 0. The Hall–Kier alpha value is -3.22. The fourth-order valence-corrected chi connectivity index (χ4v) is 1.92. The van der Waals surface area contributed by atoms with Crippen LogP contribution in [0.25, 0.3) is 5.82 Å². The largest absolute Gasteiger partial charge is 0.365 e. The molecule has 0 aliphatic rings. The lowest BCUT2D eigenvalue weighted by Crippen LogP contribution is -2.27. The summed E-state index contributed by atoms with van der Waals surface area (Å²) in [7, 11) is 0. The molecule has 2 aromatic heterocycles. The van der Waals surface area contributed by atoms with Crippen molar-refractivity contribution >= 4 is 5.82 Å². The van der Waals surface area contributed by atoms with E-state index in [4.69, 9.17) is 0 Å². The SMILES string of the molecule is O=c1ccc(=O)n(-c2ccc(NCc3ccccc3)nn2)[nH]1. The van der Waals surface area contributed by atoms with Crippen LogP contribution in [0.5, 0.6) is 0 Å². The number of hydrogen-bond donors (Lipinski definition) is 2. The Balaban J connectivity index is 1.77. The van der Waals surface area contributed by atoms with E-state index in [2.05, 4.69) is 20.6 Å². The van der Waals surface area contributed by atoms with Crippen molar-refractivity contribution < 1.29 is 0 Å². The summed E-state index contributed by atoms with van der Waals surface area (Å²) in [5, 5.41) is 13.5. The highest BCUT2D eigenvalue weighted by Crippen LogP contribution is 2.06. The number of nitrogens with one attached hydrogen (secondary N) is 2. The van der Waals surface area contributed by atoms with E-state index in [0.29, 0.717) is 12.4 Å². The average Bonchev–Trinajstić information content (AvgIpc) is 2.57. The molecule has 0 atom stereocenters. The molecule has 0 spiro atoms. The van der Waals surface area contributed by atoms with Crippen LogP contribution in [0.4, 0.5) is 5.82 Å². The lowest BCUT2D eigenvalue weighted by atomic mass is 10.2. The van der Waals surface area contributed by atoms with E-state index in [0.717, 1.165) is 10.2 Å². The molecule has 0 amide bonds. The highest BCUT2D eigenvalue weighted by Gasteiger charge is 2.03. The van der Waals surface area contributed by atoms with Gasteiger partial charge in [0.1, 0.15) is 5.82 Å². The smallest absolute Gasteiger partial charge is 0.271 e. The number of anilines is 1. The number of nitrogens with zero attached hydrogens (tertiary/aromatic N) is 3. The number of H-pyrrole nitrogens is 1. The van der Waals surface area contributed by atoms with Crippen LogP contribution in [-0.4, -0.2) is 20.0 Å². The summed E-state index contributed by atoms with van der Waals surface area (Å²) >= 11 is 0. The topological polar surface area (TPSA) is 92.7 Å². The molecule has 2 heterocycles. The van der Waals surface area contributed by atoms with Crippen LogP contribution >= 0.6 is 0 Å². The Bertz CT molecular complexity index is 869. The molecule has 1 aromatic carbocycles. The van der Waals surface area contributed by atoms with Gasteiger partial charge < -0.3 is 5.32 Å². The first-order chi connectivity index (χ1) is 10.7. The maximum atomic E-state index is 11.7. The average molecular weight is 295 g/mol. The number of aromatic amines is 1. The molecular weight excluding hydrogens is 282 g/mol. The van der Waals surface area contributed by atoms with Gasteiger partial charge in [-0.1, -0.05) is 30.3 Å². The van der Waals surface area contributed by atoms with Crippen LogP contribution in [0.2, 0.25) is 0 Å². The third-order valence-corrected chi connectivity index (χ3v) is 3.02. The first-order valence-electron chi connectivity index (χ1n) is 6.67. The van der Waals surface area contributed by atoms with Gasteiger partial charge in [-0.3, -0.25) is 14.7 Å². The van der Waals surface area contributed by atoms with Gasteiger partial charge in [0, 0.05) is 18.7 Å². The Morgan fingerprint density at radius 1 is 0.955 bits per heavy atom. The monoisotopic (exact) mass is 295 g/mol. The van der Waals surface area contributed by atoms with Gasteiger partial charge in [-0.15, -0.1) is 10.2 Å². The summed E-state index contributed by atoms with van der Waals surface area (Å²) in [6.45, 7) is 0.622. The van der Waals surface area contributed by atoms with Crippen LogP contribution in [0.3, 0.4) is 0 Å². The first-order valence-corrected chi connectivity index (χ1v) is 6.67. The Morgan fingerprint density at radius 3 is 2.50 bits per heavy atom. The van der Waals surface area contributed by atoms with E-state index in [-0.39, 0.29) is 16.9 Å². The van der Waals surface area contributed by atoms with Crippen LogP contribution < -0.4 is 16.4 Å². The highest BCUT2D eigenvalue weighted by molar-refractivity contribution is 5.37. The standard InChI is InChI=1S/C15H13N5O2/c21-14-8-9-15(22)20(19-14)13-7-6-12(17-18-13)16-10-11-4-2-1-3-5-11/h1-9H,10H2,(H,16,17)(H,19,21). The van der Waals surface area contributed by atoms with Gasteiger partial charge in [0.05, 0.1) is 0 Å². The van der Waals surface area contributed by atoms with Crippen molar-refractivity contribution in [3.05, 3.63) is 80.9 Å². The zero-order valence-electron chi connectivity index (χ0n) is 11.6. The van der Waals surface area contributed by atoms with Crippen LogP contribution in [0.1, 0.15) is 5.56 Å². The minimum atomic E-state index is -0.382. The van der Waals surface area contributed by atoms with Crippen molar-refractivity contribution in [2.45, 2.75) is 6.54 Å². The number of benzene rings is 1. The fraction of sp³-hybridized carbons (Fsp3) is 0.0667. The molecule has 0 radical (unpaired) electrons. The number of rotatable bonds is 4. The Kier molecular flexibility index (Phi) is 3.78. The molecule has 0 aliphatic heterocycles. The van der Waals surface area contributed by atoms with E-state index < -0.39 is 0 Å². The molecule has 3 rings (SSSR count). The fourth-order valence-electron chi connectivity index (χ4n) is 1.92. The summed E-state index contributed by atoms with van der Waals surface area (Å²) in [5.41, 5.74) is 0.364. The minimum Gasteiger partial charge on any atom is -0.365 e. The van der Waals surface area contributed by atoms with Gasteiger partial charge in [-0.2, -0.15) is 4.68 Å². The van der Waals surface area contributed by atoms with Crippen LogP contribution in [0, 0.1) is 0 Å². The molecule has 2 N–H and O–H groups in total. The van der Waals surface area contributed by atoms with Crippen molar-refractivity contribution in [2.24, 2.45) is 0 Å². The molecule has 3 aromatic rings. The maximum absolute atomic E-state index is 11.7. The lowest BCUT2D eigenvalue weighted by Gasteiger charge is -2.06. The second kappa shape index (κ2) is 6.04. The summed E-state index contributed by atoms with van der Waals surface area (Å²) < 4.78 is 1.05. The van der Waals surface area contributed by atoms with E-state index in [1.807, 2.05) is 30.3 Å². The van der Waals surface area contributed by atoms with Gasteiger partial charge in [-0.05, 0) is 17.7 Å². The molecule has 0 saturated carbocycles. The van der Waals surface area contributed by atoms with Gasteiger partial charge >= 0.3 is 0 Å². The van der Waals surface area contributed by atoms with Crippen molar-refractivity contribution in [1.82, 2.24) is 20.0 Å². The molecular formula is C15H13N5O2. The predicted molar refractivity (Wildman–Crippen MR) is 82.0 cm³/mol. The van der Waals surface area contributed by atoms with E-state index >= 15 is 0 Å². The quantitative estimate of drug-likeness (QED) is 0.747. The number of hydrogen-bond acceptors (Lipinski definition) is 5.